The van der Waals surface area contributed by atoms with Crippen LogP contribution in [0.15, 0.2) is 35.1 Å². The average Bonchev–Trinajstić information content (AvgIpc) is 3.29. The summed E-state index contributed by atoms with van der Waals surface area (Å²) in [5, 5.41) is 2.79. The summed E-state index contributed by atoms with van der Waals surface area (Å²) < 4.78 is 11.9. The summed E-state index contributed by atoms with van der Waals surface area (Å²) >= 11 is 0. The molecule has 0 saturated carbocycles. The van der Waals surface area contributed by atoms with E-state index in [1.54, 1.807) is 12.4 Å². The number of piperidine rings is 1. The van der Waals surface area contributed by atoms with Gasteiger partial charge in [-0.3, -0.25) is 14.7 Å². The number of hydrogen-bond acceptors (Lipinski definition) is 6. The fourth-order valence-corrected chi connectivity index (χ4v) is 3.79. The normalized spacial score (nSPS) is 25.8. The number of carbonyl (C=O) groups is 1. The molecule has 138 valence electrons. The number of anilines is 1. The molecule has 0 radical (unpaired) electrons. The number of amides is 1. The van der Waals surface area contributed by atoms with E-state index in [0.29, 0.717) is 11.7 Å². The second kappa shape index (κ2) is 7.55. The molecule has 0 aliphatic carbocycles. The van der Waals surface area contributed by atoms with Crippen molar-refractivity contribution in [2.75, 3.05) is 18.4 Å². The zero-order valence-corrected chi connectivity index (χ0v) is 14.9. The van der Waals surface area contributed by atoms with Crippen LogP contribution in [-0.4, -0.2) is 46.1 Å². The summed E-state index contributed by atoms with van der Waals surface area (Å²) in [4.78, 5) is 22.8. The number of fused-ring (bicyclic) bond motifs is 1. The predicted octanol–water partition coefficient (Wildman–Crippen LogP) is 2.25. The minimum Gasteiger partial charge on any atom is -0.465 e. The number of hydrogen-bond donors (Lipinski definition) is 1. The highest BCUT2D eigenvalue weighted by Crippen LogP contribution is 2.34. The SMILES string of the molecule is CCc1ccc(CN2CC[C@H]3C[C@H](C(=O)Nc4cnccn4)O[C@@H]3C2)o1. The van der Waals surface area contributed by atoms with Gasteiger partial charge in [-0.25, -0.2) is 4.98 Å². The Morgan fingerprint density at radius 1 is 1.35 bits per heavy atom. The van der Waals surface area contributed by atoms with E-state index in [1.807, 2.05) is 6.07 Å². The Morgan fingerprint density at radius 3 is 3.00 bits per heavy atom. The zero-order chi connectivity index (χ0) is 17.9. The third-order valence-corrected chi connectivity index (χ3v) is 5.19. The Bertz CT molecular complexity index is 748. The highest BCUT2D eigenvalue weighted by Gasteiger charge is 2.42. The van der Waals surface area contributed by atoms with Gasteiger partial charge in [0.2, 0.25) is 0 Å². The van der Waals surface area contributed by atoms with Crippen LogP contribution in [-0.2, 0) is 22.5 Å². The molecule has 0 unspecified atom stereocenters. The topological polar surface area (TPSA) is 80.5 Å². The molecule has 2 aromatic heterocycles. The Balaban J connectivity index is 1.32. The van der Waals surface area contributed by atoms with Crippen molar-refractivity contribution in [2.24, 2.45) is 5.92 Å². The molecule has 0 spiro atoms. The van der Waals surface area contributed by atoms with Gasteiger partial charge in [0, 0.05) is 25.4 Å². The number of carbonyl (C=O) groups excluding carboxylic acids is 1. The van der Waals surface area contributed by atoms with Crippen molar-refractivity contribution in [3.8, 4) is 0 Å². The fourth-order valence-electron chi connectivity index (χ4n) is 3.79. The van der Waals surface area contributed by atoms with Gasteiger partial charge in [-0.1, -0.05) is 6.92 Å². The van der Waals surface area contributed by atoms with Gasteiger partial charge in [-0.15, -0.1) is 0 Å². The van der Waals surface area contributed by atoms with Crippen molar-refractivity contribution < 1.29 is 13.9 Å². The number of aromatic nitrogens is 2. The molecule has 26 heavy (non-hydrogen) atoms. The van der Waals surface area contributed by atoms with E-state index >= 15 is 0 Å². The lowest BCUT2D eigenvalue weighted by Crippen LogP contribution is -2.41. The molecule has 4 heterocycles. The predicted molar refractivity (Wildman–Crippen MR) is 95.4 cm³/mol. The lowest BCUT2D eigenvalue weighted by Gasteiger charge is -2.33. The fraction of sp³-hybridized carbons (Fsp3) is 0.526. The Kier molecular flexibility index (Phi) is 4.99. The summed E-state index contributed by atoms with van der Waals surface area (Å²) in [5.74, 6) is 2.78. The standard InChI is InChI=1S/C19H24N4O3/c1-2-14-3-4-15(25-14)11-23-8-5-13-9-16(26-17(13)12-23)19(24)22-18-10-20-6-7-21-18/h3-4,6-7,10,13,16-17H,2,5,8-9,11-12H2,1H3,(H,21,22,24)/t13-,16+,17+/m0/s1. The maximum atomic E-state index is 12.4. The largest absolute Gasteiger partial charge is 0.465 e. The molecule has 4 rings (SSSR count). The second-order valence-electron chi connectivity index (χ2n) is 6.98. The van der Waals surface area contributed by atoms with Crippen LogP contribution in [0.25, 0.3) is 0 Å². The van der Waals surface area contributed by atoms with Gasteiger partial charge in [0.1, 0.15) is 17.6 Å². The molecule has 2 aliphatic rings. The van der Waals surface area contributed by atoms with Gasteiger partial charge in [-0.05, 0) is 37.4 Å². The van der Waals surface area contributed by atoms with Crippen LogP contribution in [0.4, 0.5) is 5.82 Å². The van der Waals surface area contributed by atoms with Crippen LogP contribution in [0.2, 0.25) is 0 Å². The summed E-state index contributed by atoms with van der Waals surface area (Å²) in [7, 11) is 0. The lowest BCUT2D eigenvalue weighted by molar-refractivity contribution is -0.127. The molecule has 2 aromatic rings. The van der Waals surface area contributed by atoms with Crippen molar-refractivity contribution in [3.63, 3.8) is 0 Å². The van der Waals surface area contributed by atoms with Gasteiger partial charge in [0.05, 0.1) is 18.8 Å². The van der Waals surface area contributed by atoms with Crippen LogP contribution in [0.1, 0.15) is 31.3 Å². The van der Waals surface area contributed by atoms with Crippen LogP contribution in [0.5, 0.6) is 0 Å². The van der Waals surface area contributed by atoms with Crippen LogP contribution >= 0.6 is 0 Å². The van der Waals surface area contributed by atoms with Crippen LogP contribution in [0.3, 0.4) is 0 Å². The first-order valence-corrected chi connectivity index (χ1v) is 9.23. The number of nitrogens with one attached hydrogen (secondary N) is 1. The first-order valence-electron chi connectivity index (χ1n) is 9.23. The molecule has 1 amide bonds. The molecule has 0 aromatic carbocycles. The third-order valence-electron chi connectivity index (χ3n) is 5.19. The number of furan rings is 1. The highest BCUT2D eigenvalue weighted by molar-refractivity contribution is 5.93. The smallest absolute Gasteiger partial charge is 0.254 e. The molecule has 2 aliphatic heterocycles. The van der Waals surface area contributed by atoms with Gasteiger partial charge in [-0.2, -0.15) is 0 Å². The number of ether oxygens (including phenoxy) is 1. The van der Waals surface area contributed by atoms with Crippen molar-refractivity contribution in [3.05, 3.63) is 42.2 Å². The molecule has 0 bridgehead atoms. The molecule has 7 heteroatoms. The number of nitrogens with zero attached hydrogens (tertiary/aromatic N) is 3. The first-order chi connectivity index (χ1) is 12.7. The van der Waals surface area contributed by atoms with Crippen LogP contribution in [0, 0.1) is 5.92 Å². The maximum Gasteiger partial charge on any atom is 0.254 e. The van der Waals surface area contributed by atoms with Gasteiger partial charge in [0.15, 0.2) is 5.82 Å². The average molecular weight is 356 g/mol. The second-order valence-corrected chi connectivity index (χ2v) is 6.98. The summed E-state index contributed by atoms with van der Waals surface area (Å²) in [6.07, 6.45) is 7.08. The number of likely N-dealkylation sites (tertiary alicyclic amines) is 1. The molecule has 1 N–H and O–H groups in total. The highest BCUT2D eigenvalue weighted by atomic mass is 16.5. The van der Waals surface area contributed by atoms with Crippen molar-refractivity contribution >= 4 is 11.7 Å². The van der Waals surface area contributed by atoms with Crippen molar-refractivity contribution in [1.82, 2.24) is 14.9 Å². The molecule has 7 nitrogen and oxygen atoms in total. The third kappa shape index (κ3) is 3.78. The maximum absolute atomic E-state index is 12.4. The van der Waals surface area contributed by atoms with Crippen molar-refractivity contribution in [2.45, 2.75) is 44.9 Å². The van der Waals surface area contributed by atoms with E-state index in [-0.39, 0.29) is 12.0 Å². The number of aryl methyl sites for hydroxylation is 1. The Morgan fingerprint density at radius 2 is 2.23 bits per heavy atom. The van der Waals surface area contributed by atoms with E-state index in [1.165, 1.54) is 6.20 Å². The summed E-state index contributed by atoms with van der Waals surface area (Å²) in [6.45, 7) is 4.72. The quantitative estimate of drug-likeness (QED) is 0.885. The summed E-state index contributed by atoms with van der Waals surface area (Å²) in [5.41, 5.74) is 0. The van der Waals surface area contributed by atoms with Crippen LogP contribution < -0.4 is 5.32 Å². The van der Waals surface area contributed by atoms with E-state index in [4.69, 9.17) is 9.15 Å². The summed E-state index contributed by atoms with van der Waals surface area (Å²) in [6, 6.07) is 4.10. The van der Waals surface area contributed by atoms with E-state index in [2.05, 4.69) is 33.2 Å². The number of rotatable bonds is 5. The monoisotopic (exact) mass is 356 g/mol. The lowest BCUT2D eigenvalue weighted by atomic mass is 9.91. The molecular formula is C19H24N4O3. The van der Waals surface area contributed by atoms with Gasteiger partial charge >= 0.3 is 0 Å². The molecule has 2 fully saturated rings. The van der Waals surface area contributed by atoms with E-state index in [0.717, 1.165) is 50.4 Å². The Hall–Kier alpha value is -2.25. The van der Waals surface area contributed by atoms with E-state index < -0.39 is 6.10 Å². The minimum absolute atomic E-state index is 0.0990. The Labute approximate surface area is 152 Å². The van der Waals surface area contributed by atoms with Gasteiger partial charge < -0.3 is 14.5 Å². The molecule has 2 saturated heterocycles. The molecular weight excluding hydrogens is 332 g/mol. The van der Waals surface area contributed by atoms with Crippen molar-refractivity contribution in [1.29, 1.82) is 0 Å². The molecule has 3 atom stereocenters. The minimum atomic E-state index is -0.415. The van der Waals surface area contributed by atoms with Gasteiger partial charge in [0.25, 0.3) is 5.91 Å². The zero-order valence-electron chi connectivity index (χ0n) is 14.9. The first kappa shape index (κ1) is 17.2. The van der Waals surface area contributed by atoms with E-state index in [9.17, 15) is 4.79 Å².